The summed E-state index contributed by atoms with van der Waals surface area (Å²) in [5, 5.41) is 0. The first-order valence-corrected chi connectivity index (χ1v) is 9.28. The normalized spacial score (nSPS) is 15.0. The number of esters is 1. The van der Waals surface area contributed by atoms with Crippen molar-refractivity contribution in [2.45, 2.75) is 13.3 Å². The van der Waals surface area contributed by atoms with Gasteiger partial charge in [-0.25, -0.2) is 9.79 Å². The second-order valence-corrected chi connectivity index (χ2v) is 6.75. The van der Waals surface area contributed by atoms with Gasteiger partial charge in [0.05, 0.1) is 17.3 Å². The number of hydrogen-bond donors (Lipinski definition) is 0. The van der Waals surface area contributed by atoms with Crippen LogP contribution in [0.4, 0.5) is 0 Å². The van der Waals surface area contributed by atoms with Crippen LogP contribution in [0.1, 0.15) is 24.5 Å². The third-order valence-corrected chi connectivity index (χ3v) is 4.45. The Morgan fingerprint density at radius 3 is 2.69 bits per heavy atom. The number of cyclic esters (lactones) is 1. The van der Waals surface area contributed by atoms with Crippen LogP contribution in [0.5, 0.6) is 11.5 Å². The van der Waals surface area contributed by atoms with E-state index in [4.69, 9.17) is 14.2 Å². The van der Waals surface area contributed by atoms with Crippen LogP contribution < -0.4 is 9.47 Å². The molecule has 2 aromatic rings. The van der Waals surface area contributed by atoms with Crippen LogP contribution in [0.2, 0.25) is 0 Å². The molecule has 0 aliphatic carbocycles. The summed E-state index contributed by atoms with van der Waals surface area (Å²) in [4.78, 5) is 16.5. The van der Waals surface area contributed by atoms with E-state index < -0.39 is 5.97 Å². The predicted octanol–water partition coefficient (Wildman–Crippen LogP) is 4.43. The minimum Gasteiger partial charge on any atom is -0.493 e. The lowest BCUT2D eigenvalue weighted by Gasteiger charge is -2.13. The highest BCUT2D eigenvalue weighted by Crippen LogP contribution is 2.35. The largest absolute Gasteiger partial charge is 0.493 e. The summed E-state index contributed by atoms with van der Waals surface area (Å²) in [6, 6.07) is 13.1. The first-order chi connectivity index (χ1) is 12.6. The third kappa shape index (κ3) is 4.07. The molecule has 3 rings (SSSR count). The summed E-state index contributed by atoms with van der Waals surface area (Å²) >= 11 is 2.19. The summed E-state index contributed by atoms with van der Waals surface area (Å²) in [5.74, 6) is 1.17. The molecule has 0 fully saturated rings. The van der Waals surface area contributed by atoms with E-state index in [1.54, 1.807) is 13.2 Å². The Morgan fingerprint density at radius 2 is 2.00 bits per heavy atom. The van der Waals surface area contributed by atoms with Crippen LogP contribution in [-0.4, -0.2) is 25.6 Å². The highest BCUT2D eigenvalue weighted by Gasteiger charge is 2.24. The van der Waals surface area contributed by atoms with Gasteiger partial charge in [-0.1, -0.05) is 25.1 Å². The fourth-order valence-corrected chi connectivity index (χ4v) is 3.22. The molecule has 0 N–H and O–H groups in total. The average Bonchev–Trinajstić information content (AvgIpc) is 3.02. The van der Waals surface area contributed by atoms with Gasteiger partial charge in [-0.2, -0.15) is 0 Å². The van der Waals surface area contributed by atoms with Gasteiger partial charge < -0.3 is 14.2 Å². The van der Waals surface area contributed by atoms with Gasteiger partial charge in [0.1, 0.15) is 0 Å². The summed E-state index contributed by atoms with van der Waals surface area (Å²) < 4.78 is 17.4. The topological polar surface area (TPSA) is 57.1 Å². The number of ether oxygens (including phenoxy) is 3. The SMILES string of the molecule is CCCOc1c(I)cc(C=C2N=C(c3ccccc3)OC2=O)cc1OC. The van der Waals surface area contributed by atoms with Crippen molar-refractivity contribution in [3.63, 3.8) is 0 Å². The van der Waals surface area contributed by atoms with Crippen LogP contribution in [-0.2, 0) is 9.53 Å². The first kappa shape index (κ1) is 18.4. The molecule has 1 heterocycles. The van der Waals surface area contributed by atoms with Crippen molar-refractivity contribution in [2.75, 3.05) is 13.7 Å². The van der Waals surface area contributed by atoms with Gasteiger partial charge in [0.2, 0.25) is 5.90 Å². The number of nitrogens with zero attached hydrogens (tertiary/aromatic N) is 1. The van der Waals surface area contributed by atoms with Crippen molar-refractivity contribution in [3.05, 3.63) is 62.9 Å². The van der Waals surface area contributed by atoms with Crippen LogP contribution in [0, 0.1) is 3.57 Å². The zero-order chi connectivity index (χ0) is 18.5. The lowest BCUT2D eigenvalue weighted by atomic mass is 10.1. The van der Waals surface area contributed by atoms with Crippen molar-refractivity contribution in [1.29, 1.82) is 0 Å². The number of carbonyl (C=O) groups is 1. The molecule has 0 amide bonds. The number of rotatable bonds is 6. The molecule has 0 atom stereocenters. The first-order valence-electron chi connectivity index (χ1n) is 8.20. The number of halogens is 1. The highest BCUT2D eigenvalue weighted by atomic mass is 127. The fourth-order valence-electron chi connectivity index (χ4n) is 2.44. The van der Waals surface area contributed by atoms with Crippen molar-refractivity contribution in [1.82, 2.24) is 0 Å². The molecule has 0 saturated heterocycles. The predicted molar refractivity (Wildman–Crippen MR) is 109 cm³/mol. The lowest BCUT2D eigenvalue weighted by Crippen LogP contribution is -2.05. The summed E-state index contributed by atoms with van der Waals surface area (Å²) in [6.45, 7) is 2.66. The van der Waals surface area contributed by atoms with Crippen LogP contribution in [0.25, 0.3) is 6.08 Å². The molecule has 0 saturated carbocycles. The molecule has 2 aromatic carbocycles. The van der Waals surface area contributed by atoms with E-state index in [0.717, 1.165) is 21.1 Å². The third-order valence-electron chi connectivity index (χ3n) is 3.65. The summed E-state index contributed by atoms with van der Waals surface area (Å²) in [5.41, 5.74) is 1.81. The Balaban J connectivity index is 1.93. The molecule has 0 unspecified atom stereocenters. The Labute approximate surface area is 165 Å². The van der Waals surface area contributed by atoms with E-state index >= 15 is 0 Å². The molecular weight excluding hydrogens is 445 g/mol. The Bertz CT molecular complexity index is 875. The molecular formula is C20H18INO4. The number of benzene rings is 2. The maximum atomic E-state index is 12.1. The van der Waals surface area contributed by atoms with Crippen LogP contribution in [0.3, 0.4) is 0 Å². The Kier molecular flexibility index (Phi) is 5.92. The van der Waals surface area contributed by atoms with Gasteiger partial charge in [-0.3, -0.25) is 0 Å². The maximum absolute atomic E-state index is 12.1. The van der Waals surface area contributed by atoms with Crippen molar-refractivity contribution in [3.8, 4) is 11.5 Å². The summed E-state index contributed by atoms with van der Waals surface area (Å²) in [7, 11) is 1.59. The molecule has 1 aliphatic rings. The summed E-state index contributed by atoms with van der Waals surface area (Å²) in [6.07, 6.45) is 2.60. The molecule has 6 heteroatoms. The van der Waals surface area contributed by atoms with Crippen molar-refractivity contribution in [2.24, 2.45) is 4.99 Å². The molecule has 0 radical (unpaired) electrons. The Hall–Kier alpha value is -2.35. The molecule has 1 aliphatic heterocycles. The van der Waals surface area contributed by atoms with E-state index in [9.17, 15) is 4.79 Å². The van der Waals surface area contributed by atoms with Gasteiger partial charge in [-0.15, -0.1) is 0 Å². The average molecular weight is 463 g/mol. The number of carbonyl (C=O) groups excluding carboxylic acids is 1. The zero-order valence-electron chi connectivity index (χ0n) is 14.5. The second kappa shape index (κ2) is 8.35. The van der Waals surface area contributed by atoms with Gasteiger partial charge in [0.25, 0.3) is 0 Å². The monoisotopic (exact) mass is 463 g/mol. The highest BCUT2D eigenvalue weighted by molar-refractivity contribution is 14.1. The Morgan fingerprint density at radius 1 is 1.23 bits per heavy atom. The molecule has 0 spiro atoms. The van der Waals surface area contributed by atoms with E-state index in [2.05, 4.69) is 27.6 Å². The van der Waals surface area contributed by atoms with E-state index in [1.165, 1.54) is 0 Å². The number of methoxy groups -OCH3 is 1. The number of hydrogen-bond acceptors (Lipinski definition) is 5. The van der Waals surface area contributed by atoms with E-state index in [-0.39, 0.29) is 5.70 Å². The van der Waals surface area contributed by atoms with Crippen molar-refractivity contribution < 1.29 is 19.0 Å². The number of aliphatic imine (C=N–C) groups is 1. The molecule has 0 bridgehead atoms. The van der Waals surface area contributed by atoms with Gasteiger partial charge in [0.15, 0.2) is 17.2 Å². The fraction of sp³-hybridized carbons (Fsp3) is 0.200. The zero-order valence-corrected chi connectivity index (χ0v) is 16.6. The molecule has 0 aromatic heterocycles. The van der Waals surface area contributed by atoms with Gasteiger partial charge in [0, 0.05) is 5.56 Å². The van der Waals surface area contributed by atoms with Crippen LogP contribution in [0.15, 0.2) is 53.2 Å². The molecule has 134 valence electrons. The van der Waals surface area contributed by atoms with E-state index in [1.807, 2.05) is 49.4 Å². The van der Waals surface area contributed by atoms with Gasteiger partial charge in [-0.05, 0) is 64.9 Å². The lowest BCUT2D eigenvalue weighted by molar-refractivity contribution is -0.129. The minimum absolute atomic E-state index is 0.254. The second-order valence-electron chi connectivity index (χ2n) is 5.58. The van der Waals surface area contributed by atoms with E-state index in [0.29, 0.717) is 24.0 Å². The van der Waals surface area contributed by atoms with Crippen molar-refractivity contribution >= 4 is 40.5 Å². The molecule has 26 heavy (non-hydrogen) atoms. The minimum atomic E-state index is -0.468. The van der Waals surface area contributed by atoms with Gasteiger partial charge >= 0.3 is 5.97 Å². The maximum Gasteiger partial charge on any atom is 0.363 e. The standard InChI is InChI=1S/C20H18INO4/c1-3-9-25-18-15(21)10-13(12-17(18)24-2)11-16-20(23)26-19(22-16)14-7-5-4-6-8-14/h4-8,10-12H,3,9H2,1-2H3. The quantitative estimate of drug-likeness (QED) is 0.361. The van der Waals surface area contributed by atoms with Crippen LogP contribution >= 0.6 is 22.6 Å². The molecule has 5 nitrogen and oxygen atoms in total. The smallest absolute Gasteiger partial charge is 0.363 e.